The summed E-state index contributed by atoms with van der Waals surface area (Å²) in [6, 6.07) is 5.64. The van der Waals surface area contributed by atoms with Gasteiger partial charge >= 0.3 is 6.18 Å². The molecule has 0 radical (unpaired) electrons. The maximum absolute atomic E-state index is 13.1. The molecular formula is C15H11F3N6S. The van der Waals surface area contributed by atoms with E-state index in [1.54, 1.807) is 20.0 Å². The number of rotatable bonds is 2. The summed E-state index contributed by atoms with van der Waals surface area (Å²) < 4.78 is 41.9. The van der Waals surface area contributed by atoms with Crippen LogP contribution in [-0.4, -0.2) is 29.2 Å². The number of hydrogen-bond acceptors (Lipinski definition) is 5. The third-order valence-corrected chi connectivity index (χ3v) is 4.96. The second-order valence-corrected chi connectivity index (χ2v) is 6.41. The average Bonchev–Trinajstić information content (AvgIpc) is 3.17. The Hall–Kier alpha value is -2.62. The molecule has 0 unspecified atom stereocenters. The van der Waals surface area contributed by atoms with E-state index in [1.165, 1.54) is 11.8 Å². The Kier molecular flexibility index (Phi) is 3.46. The molecule has 0 aromatic carbocycles. The zero-order valence-electron chi connectivity index (χ0n) is 13.1. The predicted octanol–water partition coefficient (Wildman–Crippen LogP) is 3.56. The number of imidazole rings is 1. The van der Waals surface area contributed by atoms with Gasteiger partial charge in [0.25, 0.3) is 5.82 Å². The average molecular weight is 364 g/mol. The topological polar surface area (TPSA) is 60.4 Å². The Morgan fingerprint density at radius 3 is 2.64 bits per heavy atom. The van der Waals surface area contributed by atoms with Crippen LogP contribution in [0.15, 0.2) is 40.8 Å². The van der Waals surface area contributed by atoms with E-state index in [9.17, 15) is 13.2 Å². The Labute approximate surface area is 143 Å². The summed E-state index contributed by atoms with van der Waals surface area (Å²) in [7, 11) is 0. The van der Waals surface area contributed by atoms with Crippen LogP contribution in [0.4, 0.5) is 13.2 Å². The van der Waals surface area contributed by atoms with E-state index in [4.69, 9.17) is 0 Å². The van der Waals surface area contributed by atoms with E-state index in [1.807, 2.05) is 28.8 Å². The third kappa shape index (κ3) is 2.53. The zero-order valence-corrected chi connectivity index (χ0v) is 13.9. The van der Waals surface area contributed by atoms with Gasteiger partial charge in [0.05, 0.1) is 11.7 Å². The molecule has 0 saturated heterocycles. The van der Waals surface area contributed by atoms with Crippen LogP contribution < -0.4 is 0 Å². The minimum Gasteiger partial charge on any atom is -0.295 e. The highest BCUT2D eigenvalue weighted by Crippen LogP contribution is 2.33. The minimum atomic E-state index is -4.63. The van der Waals surface area contributed by atoms with Crippen LogP contribution >= 0.6 is 11.8 Å². The molecule has 6 nitrogen and oxygen atoms in total. The van der Waals surface area contributed by atoms with E-state index in [-0.39, 0.29) is 5.65 Å². The summed E-state index contributed by atoms with van der Waals surface area (Å²) in [6.07, 6.45) is -1.09. The van der Waals surface area contributed by atoms with Crippen LogP contribution in [0.3, 0.4) is 0 Å². The van der Waals surface area contributed by atoms with Crippen molar-refractivity contribution in [3.05, 3.63) is 47.5 Å². The lowest BCUT2D eigenvalue weighted by atomic mass is 10.2. The Morgan fingerprint density at radius 2 is 1.88 bits per heavy atom. The van der Waals surface area contributed by atoms with Crippen molar-refractivity contribution in [2.75, 3.05) is 0 Å². The van der Waals surface area contributed by atoms with Crippen LogP contribution in [-0.2, 0) is 6.18 Å². The standard InChI is InChI=1S/C15H11F3N6S/c1-8-9(2)12(22-24-11(8)20-21-13(24)15(16,17)18)25-14-19-7-10-5-3-4-6-23(10)14/h3-7H,1-2H3. The lowest BCUT2D eigenvalue weighted by Gasteiger charge is -2.10. The number of aromatic nitrogens is 6. The first kappa shape index (κ1) is 15.9. The highest BCUT2D eigenvalue weighted by Gasteiger charge is 2.38. The van der Waals surface area contributed by atoms with Gasteiger partial charge in [0.2, 0.25) is 0 Å². The summed E-state index contributed by atoms with van der Waals surface area (Å²) in [6.45, 7) is 3.50. The summed E-state index contributed by atoms with van der Waals surface area (Å²) in [5.74, 6) is -1.14. The highest BCUT2D eigenvalue weighted by molar-refractivity contribution is 7.99. The van der Waals surface area contributed by atoms with Crippen molar-refractivity contribution >= 4 is 22.9 Å². The molecule has 4 aromatic rings. The Morgan fingerprint density at radius 1 is 1.08 bits per heavy atom. The predicted molar refractivity (Wildman–Crippen MR) is 84.6 cm³/mol. The van der Waals surface area contributed by atoms with Crippen LogP contribution in [0.1, 0.15) is 17.0 Å². The molecule has 4 rings (SSSR count). The first-order valence-corrected chi connectivity index (χ1v) is 8.07. The van der Waals surface area contributed by atoms with Gasteiger partial charge in [0.15, 0.2) is 10.8 Å². The lowest BCUT2D eigenvalue weighted by Crippen LogP contribution is -2.13. The second kappa shape index (κ2) is 5.45. The summed E-state index contributed by atoms with van der Waals surface area (Å²) >= 11 is 1.20. The zero-order chi connectivity index (χ0) is 17.8. The summed E-state index contributed by atoms with van der Waals surface area (Å²) in [5.41, 5.74) is 2.33. The Balaban J connectivity index is 1.88. The number of hydrogen-bond donors (Lipinski definition) is 0. The molecule has 0 bridgehead atoms. The molecular weight excluding hydrogens is 353 g/mol. The van der Waals surface area contributed by atoms with E-state index < -0.39 is 12.0 Å². The van der Waals surface area contributed by atoms with Crippen molar-refractivity contribution in [3.8, 4) is 0 Å². The minimum absolute atomic E-state index is 0.0992. The first-order chi connectivity index (χ1) is 11.9. The SMILES string of the molecule is Cc1c(Sc2ncc3ccccn23)nn2c(C(F)(F)F)nnc2c1C. The van der Waals surface area contributed by atoms with Gasteiger partial charge in [-0.3, -0.25) is 4.40 Å². The van der Waals surface area contributed by atoms with E-state index in [0.29, 0.717) is 15.7 Å². The molecule has 0 atom stereocenters. The molecule has 128 valence electrons. The van der Waals surface area contributed by atoms with Crippen LogP contribution in [0.25, 0.3) is 11.2 Å². The van der Waals surface area contributed by atoms with Crippen molar-refractivity contribution in [2.24, 2.45) is 0 Å². The molecule has 0 N–H and O–H groups in total. The number of aryl methyl sites for hydroxylation is 1. The van der Waals surface area contributed by atoms with Gasteiger partial charge < -0.3 is 0 Å². The molecule has 0 aliphatic carbocycles. The molecule has 4 aromatic heterocycles. The Bertz CT molecular complexity index is 1100. The maximum Gasteiger partial charge on any atom is 0.453 e. The first-order valence-electron chi connectivity index (χ1n) is 7.26. The second-order valence-electron chi connectivity index (χ2n) is 5.45. The molecule has 0 amide bonds. The van der Waals surface area contributed by atoms with Crippen molar-refractivity contribution in [1.82, 2.24) is 29.2 Å². The van der Waals surface area contributed by atoms with Crippen LogP contribution in [0.2, 0.25) is 0 Å². The van der Waals surface area contributed by atoms with Gasteiger partial charge in [-0.1, -0.05) is 6.07 Å². The quantitative estimate of drug-likeness (QED) is 0.544. The fourth-order valence-corrected chi connectivity index (χ4v) is 3.43. The van der Waals surface area contributed by atoms with E-state index in [2.05, 4.69) is 20.3 Å². The van der Waals surface area contributed by atoms with Gasteiger partial charge in [0.1, 0.15) is 5.03 Å². The molecule has 25 heavy (non-hydrogen) atoms. The van der Waals surface area contributed by atoms with E-state index in [0.717, 1.165) is 15.6 Å². The van der Waals surface area contributed by atoms with Gasteiger partial charge in [-0.05, 0) is 43.3 Å². The number of halogens is 3. The smallest absolute Gasteiger partial charge is 0.295 e. The fourth-order valence-electron chi connectivity index (χ4n) is 2.46. The number of alkyl halides is 3. The maximum atomic E-state index is 13.1. The highest BCUT2D eigenvalue weighted by atomic mass is 32.2. The summed E-state index contributed by atoms with van der Waals surface area (Å²) in [4.78, 5) is 4.32. The molecule has 0 saturated carbocycles. The van der Waals surface area contributed by atoms with Crippen molar-refractivity contribution in [3.63, 3.8) is 0 Å². The van der Waals surface area contributed by atoms with E-state index >= 15 is 0 Å². The van der Waals surface area contributed by atoms with Gasteiger partial charge in [0, 0.05) is 11.8 Å². The monoisotopic (exact) mass is 364 g/mol. The van der Waals surface area contributed by atoms with Gasteiger partial charge in [-0.15, -0.1) is 10.2 Å². The molecule has 0 spiro atoms. The summed E-state index contributed by atoms with van der Waals surface area (Å²) in [5, 5.41) is 12.1. The van der Waals surface area contributed by atoms with Crippen LogP contribution in [0, 0.1) is 13.8 Å². The van der Waals surface area contributed by atoms with Crippen molar-refractivity contribution in [1.29, 1.82) is 0 Å². The molecule has 0 fully saturated rings. The van der Waals surface area contributed by atoms with Crippen molar-refractivity contribution < 1.29 is 13.2 Å². The number of fused-ring (bicyclic) bond motifs is 2. The van der Waals surface area contributed by atoms with Crippen LogP contribution in [0.5, 0.6) is 0 Å². The molecule has 0 aliphatic rings. The molecule has 10 heteroatoms. The lowest BCUT2D eigenvalue weighted by molar-refractivity contribution is -0.146. The van der Waals surface area contributed by atoms with Gasteiger partial charge in [-0.2, -0.15) is 22.8 Å². The molecule has 0 aliphatic heterocycles. The largest absolute Gasteiger partial charge is 0.453 e. The third-order valence-electron chi connectivity index (χ3n) is 3.90. The van der Waals surface area contributed by atoms with Crippen molar-refractivity contribution in [2.45, 2.75) is 30.2 Å². The number of pyridine rings is 1. The fraction of sp³-hybridized carbons (Fsp3) is 0.200. The van der Waals surface area contributed by atoms with Gasteiger partial charge in [-0.25, -0.2) is 4.98 Å². The molecule has 4 heterocycles. The normalized spacial score (nSPS) is 12.4. The number of nitrogens with zero attached hydrogens (tertiary/aromatic N) is 6.